The highest BCUT2D eigenvalue weighted by molar-refractivity contribution is 5.80. The van der Waals surface area contributed by atoms with Crippen molar-refractivity contribution in [2.24, 2.45) is 0 Å². The molecule has 3 aromatic rings. The highest BCUT2D eigenvalue weighted by Crippen LogP contribution is 2.27. The van der Waals surface area contributed by atoms with E-state index in [1.54, 1.807) is 6.07 Å². The van der Waals surface area contributed by atoms with Crippen molar-refractivity contribution >= 4 is 10.9 Å². The van der Waals surface area contributed by atoms with Crippen LogP contribution >= 0.6 is 0 Å². The van der Waals surface area contributed by atoms with E-state index in [9.17, 15) is 4.39 Å². The van der Waals surface area contributed by atoms with Crippen LogP contribution in [0.4, 0.5) is 4.39 Å². The molecule has 1 heterocycles. The summed E-state index contributed by atoms with van der Waals surface area (Å²) in [4.78, 5) is 0. The van der Waals surface area contributed by atoms with Gasteiger partial charge in [0, 0.05) is 17.0 Å². The molecular formula is C17H18FN3. The van der Waals surface area contributed by atoms with Crippen molar-refractivity contribution in [1.82, 2.24) is 15.1 Å². The molecule has 0 spiro atoms. The van der Waals surface area contributed by atoms with Crippen LogP contribution in [0.15, 0.2) is 48.7 Å². The summed E-state index contributed by atoms with van der Waals surface area (Å²) in [6.07, 6.45) is 1.81. The largest absolute Gasteiger partial charge is 0.310 e. The molecule has 21 heavy (non-hydrogen) atoms. The second kappa shape index (κ2) is 5.66. The summed E-state index contributed by atoms with van der Waals surface area (Å²) in [7, 11) is 0. The normalized spacial score (nSPS) is 12.7. The minimum absolute atomic E-state index is 0.0748. The van der Waals surface area contributed by atoms with E-state index >= 15 is 0 Å². The molecule has 0 saturated heterocycles. The lowest BCUT2D eigenvalue weighted by molar-refractivity contribution is 0.537. The Kier molecular flexibility index (Phi) is 3.71. The molecule has 0 radical (unpaired) electrons. The van der Waals surface area contributed by atoms with Gasteiger partial charge in [-0.2, -0.15) is 5.10 Å². The number of hydrogen-bond acceptors (Lipinski definition) is 2. The van der Waals surface area contributed by atoms with Gasteiger partial charge in [0.1, 0.15) is 5.82 Å². The predicted molar refractivity (Wildman–Crippen MR) is 83.1 cm³/mol. The molecule has 108 valence electrons. The van der Waals surface area contributed by atoms with Crippen LogP contribution in [0.2, 0.25) is 0 Å². The van der Waals surface area contributed by atoms with Gasteiger partial charge in [0.25, 0.3) is 0 Å². The van der Waals surface area contributed by atoms with Gasteiger partial charge in [-0.25, -0.2) is 9.07 Å². The number of hydrogen-bond donors (Lipinski definition) is 1. The fourth-order valence-corrected chi connectivity index (χ4v) is 2.71. The number of fused-ring (bicyclic) bond motifs is 1. The molecule has 1 atom stereocenters. The van der Waals surface area contributed by atoms with Crippen molar-refractivity contribution in [3.05, 3.63) is 60.0 Å². The van der Waals surface area contributed by atoms with Gasteiger partial charge in [0.2, 0.25) is 0 Å². The van der Waals surface area contributed by atoms with Gasteiger partial charge in [-0.05, 0) is 31.7 Å². The van der Waals surface area contributed by atoms with E-state index in [4.69, 9.17) is 0 Å². The molecule has 0 aliphatic rings. The molecule has 4 heteroatoms. The lowest BCUT2D eigenvalue weighted by Gasteiger charge is -2.18. The zero-order chi connectivity index (χ0) is 14.8. The zero-order valence-electron chi connectivity index (χ0n) is 12.2. The molecule has 0 saturated carbocycles. The van der Waals surface area contributed by atoms with Crippen LogP contribution in [0.5, 0.6) is 0 Å². The first-order valence-corrected chi connectivity index (χ1v) is 7.17. The Morgan fingerprint density at radius 3 is 2.81 bits per heavy atom. The predicted octanol–water partition coefficient (Wildman–Crippen LogP) is 3.84. The highest BCUT2D eigenvalue weighted by atomic mass is 19.1. The topological polar surface area (TPSA) is 29.9 Å². The van der Waals surface area contributed by atoms with Crippen LogP contribution in [-0.2, 0) is 0 Å². The van der Waals surface area contributed by atoms with Crippen molar-refractivity contribution < 1.29 is 4.39 Å². The van der Waals surface area contributed by atoms with E-state index in [1.807, 2.05) is 55.1 Å². The molecule has 0 amide bonds. The number of halogens is 1. The molecule has 0 aliphatic heterocycles. The second-order valence-corrected chi connectivity index (χ2v) is 5.07. The van der Waals surface area contributed by atoms with E-state index in [-0.39, 0.29) is 11.9 Å². The zero-order valence-corrected chi connectivity index (χ0v) is 12.2. The fourth-order valence-electron chi connectivity index (χ4n) is 2.71. The maximum absolute atomic E-state index is 14.3. The number of nitrogens with zero attached hydrogens (tertiary/aromatic N) is 2. The average molecular weight is 283 g/mol. The van der Waals surface area contributed by atoms with Gasteiger partial charge in [-0.15, -0.1) is 0 Å². The van der Waals surface area contributed by atoms with Gasteiger partial charge in [-0.1, -0.05) is 31.2 Å². The summed E-state index contributed by atoms with van der Waals surface area (Å²) in [6.45, 7) is 4.77. The van der Waals surface area contributed by atoms with Gasteiger partial charge in [0.05, 0.1) is 17.4 Å². The van der Waals surface area contributed by atoms with E-state index in [0.29, 0.717) is 5.56 Å². The Balaban J connectivity index is 2.20. The summed E-state index contributed by atoms with van der Waals surface area (Å²) in [5, 5.41) is 8.75. The first-order chi connectivity index (χ1) is 10.2. The van der Waals surface area contributed by atoms with Crippen LogP contribution in [0.3, 0.4) is 0 Å². The summed E-state index contributed by atoms with van der Waals surface area (Å²) in [5.74, 6) is -0.208. The Morgan fingerprint density at radius 2 is 2.00 bits per heavy atom. The Morgan fingerprint density at radius 1 is 1.19 bits per heavy atom. The molecule has 3 rings (SSSR count). The highest BCUT2D eigenvalue weighted by Gasteiger charge is 2.17. The summed E-state index contributed by atoms with van der Waals surface area (Å²) in [6, 6.07) is 13.0. The SMILES string of the molecule is CCNC(C)c1c(F)cccc1-n1ncc2ccccc21. The monoisotopic (exact) mass is 283 g/mol. The van der Waals surface area contributed by atoms with Crippen LogP contribution in [0.25, 0.3) is 16.6 Å². The average Bonchev–Trinajstić information content (AvgIpc) is 2.91. The lowest BCUT2D eigenvalue weighted by Crippen LogP contribution is -2.21. The maximum Gasteiger partial charge on any atom is 0.130 e. The molecule has 3 nitrogen and oxygen atoms in total. The van der Waals surface area contributed by atoms with E-state index in [2.05, 4.69) is 10.4 Å². The molecule has 0 fully saturated rings. The van der Waals surface area contributed by atoms with Crippen molar-refractivity contribution in [1.29, 1.82) is 0 Å². The quantitative estimate of drug-likeness (QED) is 0.788. The fraction of sp³-hybridized carbons (Fsp3) is 0.235. The van der Waals surface area contributed by atoms with E-state index in [1.165, 1.54) is 6.07 Å². The number of benzene rings is 2. The summed E-state index contributed by atoms with van der Waals surface area (Å²) in [5.41, 5.74) is 2.41. The lowest BCUT2D eigenvalue weighted by atomic mass is 10.0. The van der Waals surface area contributed by atoms with Gasteiger partial charge < -0.3 is 5.32 Å². The third-order valence-electron chi connectivity index (χ3n) is 3.68. The number of rotatable bonds is 4. The van der Waals surface area contributed by atoms with Crippen LogP contribution in [0.1, 0.15) is 25.5 Å². The molecular weight excluding hydrogens is 265 g/mol. The van der Waals surface area contributed by atoms with Crippen molar-refractivity contribution in [3.63, 3.8) is 0 Å². The van der Waals surface area contributed by atoms with Crippen molar-refractivity contribution in [2.45, 2.75) is 19.9 Å². The molecule has 1 aromatic heterocycles. The molecule has 1 unspecified atom stereocenters. The maximum atomic E-state index is 14.3. The summed E-state index contributed by atoms with van der Waals surface area (Å²) < 4.78 is 16.1. The third kappa shape index (κ3) is 2.43. The minimum Gasteiger partial charge on any atom is -0.310 e. The minimum atomic E-state index is -0.208. The molecule has 1 N–H and O–H groups in total. The number of nitrogens with one attached hydrogen (secondary N) is 1. The van der Waals surface area contributed by atoms with Crippen LogP contribution < -0.4 is 5.32 Å². The van der Waals surface area contributed by atoms with Gasteiger partial charge in [0.15, 0.2) is 0 Å². The smallest absolute Gasteiger partial charge is 0.130 e. The molecule has 0 bridgehead atoms. The Labute approximate surface area is 123 Å². The number of aromatic nitrogens is 2. The van der Waals surface area contributed by atoms with E-state index in [0.717, 1.165) is 23.1 Å². The number of para-hydroxylation sites is 1. The van der Waals surface area contributed by atoms with Gasteiger partial charge >= 0.3 is 0 Å². The Bertz CT molecular complexity index is 764. The molecule has 0 aliphatic carbocycles. The first kappa shape index (κ1) is 13.8. The van der Waals surface area contributed by atoms with Gasteiger partial charge in [-0.3, -0.25) is 0 Å². The van der Waals surface area contributed by atoms with E-state index < -0.39 is 0 Å². The molecule has 2 aromatic carbocycles. The second-order valence-electron chi connectivity index (χ2n) is 5.07. The van der Waals surface area contributed by atoms with Crippen molar-refractivity contribution in [2.75, 3.05) is 6.54 Å². The van der Waals surface area contributed by atoms with Crippen LogP contribution in [-0.4, -0.2) is 16.3 Å². The third-order valence-corrected chi connectivity index (χ3v) is 3.68. The standard InChI is InChI=1S/C17H18FN3/c1-3-19-12(2)17-14(18)8-6-10-16(17)21-15-9-5-4-7-13(15)11-20-21/h4-12,19H,3H2,1-2H3. The summed E-state index contributed by atoms with van der Waals surface area (Å²) >= 11 is 0. The van der Waals surface area contributed by atoms with Crippen molar-refractivity contribution in [3.8, 4) is 5.69 Å². The van der Waals surface area contributed by atoms with Crippen LogP contribution in [0, 0.1) is 5.82 Å². The first-order valence-electron chi connectivity index (χ1n) is 7.17. The Hall–Kier alpha value is -2.20.